The van der Waals surface area contributed by atoms with E-state index in [2.05, 4.69) is 5.32 Å². The number of ether oxygens (including phenoxy) is 3. The third kappa shape index (κ3) is 3.26. The zero-order valence-electron chi connectivity index (χ0n) is 11.8. The number of benzene rings is 2. The lowest BCUT2D eigenvalue weighted by Gasteiger charge is -2.15. The standard InChI is InChI=1S/C16H14ClNO4/c1-10(22-13-4-2-3-11(17)7-13)16(19)18-12-5-6-14-15(8-12)21-9-20-14/h2-8,10H,9H2,1H3,(H,18,19). The number of rotatable bonds is 4. The van der Waals surface area contributed by atoms with Gasteiger partial charge in [0.05, 0.1) is 0 Å². The molecule has 0 spiro atoms. The molecule has 6 heteroatoms. The van der Waals surface area contributed by atoms with Crippen LogP contribution in [0.5, 0.6) is 17.2 Å². The van der Waals surface area contributed by atoms with E-state index in [-0.39, 0.29) is 12.7 Å². The van der Waals surface area contributed by atoms with E-state index >= 15 is 0 Å². The number of anilines is 1. The van der Waals surface area contributed by atoms with Crippen molar-refractivity contribution in [2.24, 2.45) is 0 Å². The molecule has 0 radical (unpaired) electrons. The van der Waals surface area contributed by atoms with Crippen LogP contribution in [-0.4, -0.2) is 18.8 Å². The van der Waals surface area contributed by atoms with Gasteiger partial charge in [0.1, 0.15) is 5.75 Å². The van der Waals surface area contributed by atoms with Crippen molar-refractivity contribution < 1.29 is 19.0 Å². The van der Waals surface area contributed by atoms with Crippen LogP contribution in [0.2, 0.25) is 5.02 Å². The molecule has 1 amide bonds. The van der Waals surface area contributed by atoms with Crippen molar-refractivity contribution in [3.05, 3.63) is 47.5 Å². The van der Waals surface area contributed by atoms with Gasteiger partial charge in [0.25, 0.3) is 5.91 Å². The van der Waals surface area contributed by atoms with Gasteiger partial charge in [-0.05, 0) is 37.3 Å². The molecule has 1 N–H and O–H groups in total. The van der Waals surface area contributed by atoms with Crippen molar-refractivity contribution in [3.8, 4) is 17.2 Å². The van der Waals surface area contributed by atoms with Gasteiger partial charge in [-0.25, -0.2) is 0 Å². The summed E-state index contributed by atoms with van der Waals surface area (Å²) >= 11 is 5.89. The molecule has 22 heavy (non-hydrogen) atoms. The topological polar surface area (TPSA) is 56.8 Å². The van der Waals surface area contributed by atoms with Gasteiger partial charge in [-0.3, -0.25) is 4.79 Å². The quantitative estimate of drug-likeness (QED) is 0.937. The minimum Gasteiger partial charge on any atom is -0.481 e. The molecular weight excluding hydrogens is 306 g/mol. The maximum Gasteiger partial charge on any atom is 0.265 e. The first-order valence-electron chi connectivity index (χ1n) is 6.74. The Morgan fingerprint density at radius 2 is 2.05 bits per heavy atom. The average molecular weight is 320 g/mol. The Morgan fingerprint density at radius 3 is 2.86 bits per heavy atom. The zero-order valence-corrected chi connectivity index (χ0v) is 12.6. The van der Waals surface area contributed by atoms with E-state index in [0.29, 0.717) is 28.0 Å². The van der Waals surface area contributed by atoms with Crippen LogP contribution < -0.4 is 19.5 Å². The van der Waals surface area contributed by atoms with Crippen molar-refractivity contribution in [1.82, 2.24) is 0 Å². The molecule has 0 saturated heterocycles. The smallest absolute Gasteiger partial charge is 0.265 e. The minimum absolute atomic E-state index is 0.195. The molecule has 3 rings (SSSR count). The summed E-state index contributed by atoms with van der Waals surface area (Å²) in [5, 5.41) is 3.33. The van der Waals surface area contributed by atoms with Crippen LogP contribution >= 0.6 is 11.6 Å². The zero-order chi connectivity index (χ0) is 15.5. The molecule has 114 valence electrons. The first-order chi connectivity index (χ1) is 10.6. The number of nitrogens with one attached hydrogen (secondary N) is 1. The largest absolute Gasteiger partial charge is 0.481 e. The number of carbonyl (C=O) groups is 1. The van der Waals surface area contributed by atoms with Gasteiger partial charge in [0.15, 0.2) is 17.6 Å². The van der Waals surface area contributed by atoms with Gasteiger partial charge in [-0.15, -0.1) is 0 Å². The first-order valence-corrected chi connectivity index (χ1v) is 7.12. The Hall–Kier alpha value is -2.40. The predicted molar refractivity (Wildman–Crippen MR) is 82.7 cm³/mol. The molecule has 2 aromatic carbocycles. The van der Waals surface area contributed by atoms with Crippen molar-refractivity contribution in [2.75, 3.05) is 12.1 Å². The maximum absolute atomic E-state index is 12.2. The number of amides is 1. The van der Waals surface area contributed by atoms with Crippen LogP contribution in [0.3, 0.4) is 0 Å². The second-order valence-corrected chi connectivity index (χ2v) is 5.21. The van der Waals surface area contributed by atoms with E-state index in [1.165, 1.54) is 0 Å². The summed E-state index contributed by atoms with van der Waals surface area (Å²) in [6.07, 6.45) is -0.663. The molecule has 0 fully saturated rings. The second kappa shape index (κ2) is 6.15. The summed E-state index contributed by atoms with van der Waals surface area (Å²) in [7, 11) is 0. The Balaban J connectivity index is 1.64. The summed E-state index contributed by atoms with van der Waals surface area (Å²) in [4.78, 5) is 12.2. The highest BCUT2D eigenvalue weighted by molar-refractivity contribution is 6.30. The van der Waals surface area contributed by atoms with Crippen LogP contribution in [0.4, 0.5) is 5.69 Å². The molecule has 2 aromatic rings. The molecule has 1 atom stereocenters. The van der Waals surface area contributed by atoms with Crippen LogP contribution in [0.25, 0.3) is 0 Å². The van der Waals surface area contributed by atoms with Crippen molar-refractivity contribution >= 4 is 23.2 Å². The van der Waals surface area contributed by atoms with E-state index in [9.17, 15) is 4.79 Å². The van der Waals surface area contributed by atoms with E-state index in [4.69, 9.17) is 25.8 Å². The molecule has 0 saturated carbocycles. The van der Waals surface area contributed by atoms with Crippen LogP contribution in [-0.2, 0) is 4.79 Å². The highest BCUT2D eigenvalue weighted by Gasteiger charge is 2.18. The Labute approximate surface area is 132 Å². The molecule has 0 aromatic heterocycles. The molecule has 1 aliphatic rings. The SMILES string of the molecule is CC(Oc1cccc(Cl)c1)C(=O)Nc1ccc2c(c1)OCO2. The predicted octanol–water partition coefficient (Wildman–Crippen LogP) is 3.47. The highest BCUT2D eigenvalue weighted by Crippen LogP contribution is 2.34. The van der Waals surface area contributed by atoms with Gasteiger partial charge in [0.2, 0.25) is 6.79 Å². The van der Waals surface area contributed by atoms with Gasteiger partial charge in [0, 0.05) is 16.8 Å². The van der Waals surface area contributed by atoms with Crippen LogP contribution in [0.1, 0.15) is 6.92 Å². The average Bonchev–Trinajstić information content (AvgIpc) is 2.94. The molecule has 1 heterocycles. The summed E-state index contributed by atoms with van der Waals surface area (Å²) in [6, 6.07) is 12.1. The van der Waals surface area contributed by atoms with Gasteiger partial charge < -0.3 is 19.5 Å². The fourth-order valence-electron chi connectivity index (χ4n) is 2.02. The monoisotopic (exact) mass is 319 g/mol. The molecule has 5 nitrogen and oxygen atoms in total. The lowest BCUT2D eigenvalue weighted by molar-refractivity contribution is -0.122. The number of hydrogen-bond donors (Lipinski definition) is 1. The Morgan fingerprint density at radius 1 is 1.23 bits per heavy atom. The molecule has 1 unspecified atom stereocenters. The normalized spacial score (nSPS) is 13.5. The van der Waals surface area contributed by atoms with E-state index < -0.39 is 6.10 Å². The van der Waals surface area contributed by atoms with Gasteiger partial charge in [-0.1, -0.05) is 17.7 Å². The lowest BCUT2D eigenvalue weighted by atomic mass is 10.2. The van der Waals surface area contributed by atoms with E-state index in [0.717, 1.165) is 0 Å². The summed E-state index contributed by atoms with van der Waals surface area (Å²) in [6.45, 7) is 1.87. The summed E-state index contributed by atoms with van der Waals surface area (Å²) < 4.78 is 16.1. The van der Waals surface area contributed by atoms with E-state index in [1.807, 2.05) is 0 Å². The second-order valence-electron chi connectivity index (χ2n) is 4.77. The van der Waals surface area contributed by atoms with Crippen LogP contribution in [0.15, 0.2) is 42.5 Å². The first kappa shape index (κ1) is 14.5. The summed E-state index contributed by atoms with van der Waals surface area (Å²) in [5.41, 5.74) is 0.621. The Kier molecular flexibility index (Phi) is 4.06. The number of carbonyl (C=O) groups excluding carboxylic acids is 1. The molecule has 1 aliphatic heterocycles. The third-order valence-corrected chi connectivity index (χ3v) is 3.35. The lowest BCUT2D eigenvalue weighted by Crippen LogP contribution is -2.30. The van der Waals surface area contributed by atoms with Crippen molar-refractivity contribution in [3.63, 3.8) is 0 Å². The molecule has 0 bridgehead atoms. The highest BCUT2D eigenvalue weighted by atomic mass is 35.5. The maximum atomic E-state index is 12.2. The van der Waals surface area contributed by atoms with Crippen molar-refractivity contribution in [2.45, 2.75) is 13.0 Å². The third-order valence-electron chi connectivity index (χ3n) is 3.12. The fraction of sp³-hybridized carbons (Fsp3) is 0.188. The van der Waals surface area contributed by atoms with Crippen LogP contribution in [0, 0.1) is 0 Å². The van der Waals surface area contributed by atoms with Gasteiger partial charge in [-0.2, -0.15) is 0 Å². The van der Waals surface area contributed by atoms with E-state index in [1.54, 1.807) is 49.4 Å². The minimum atomic E-state index is -0.663. The number of hydrogen-bond acceptors (Lipinski definition) is 4. The molecular formula is C16H14ClNO4. The number of halogens is 1. The number of fused-ring (bicyclic) bond motifs is 1. The Bertz CT molecular complexity index is 704. The van der Waals surface area contributed by atoms with Crippen molar-refractivity contribution in [1.29, 1.82) is 0 Å². The summed E-state index contributed by atoms with van der Waals surface area (Å²) in [5.74, 6) is 1.56. The molecule has 0 aliphatic carbocycles. The van der Waals surface area contributed by atoms with Gasteiger partial charge >= 0.3 is 0 Å². The fourth-order valence-corrected chi connectivity index (χ4v) is 2.20.